The van der Waals surface area contributed by atoms with Crippen molar-refractivity contribution in [3.63, 3.8) is 0 Å². The first-order valence-corrected chi connectivity index (χ1v) is 9.75. The maximum atomic E-state index is 6.25. The van der Waals surface area contributed by atoms with Crippen LogP contribution >= 0.6 is 0 Å². The topological polar surface area (TPSA) is 9.23 Å². The summed E-state index contributed by atoms with van der Waals surface area (Å²) in [5.41, 5.74) is 4.22. The van der Waals surface area contributed by atoms with Crippen molar-refractivity contribution in [1.82, 2.24) is 0 Å². The molecule has 0 radical (unpaired) electrons. The van der Waals surface area contributed by atoms with Crippen molar-refractivity contribution in [2.45, 2.75) is 59.2 Å². The third-order valence-corrected chi connectivity index (χ3v) is 8.80. The van der Waals surface area contributed by atoms with E-state index >= 15 is 0 Å². The fourth-order valence-corrected chi connectivity index (χ4v) is 2.91. The van der Waals surface area contributed by atoms with Gasteiger partial charge in [0.15, 0.2) is 8.32 Å². The van der Waals surface area contributed by atoms with Gasteiger partial charge in [-0.2, -0.15) is 0 Å². The molecule has 0 unspecified atom stereocenters. The van der Waals surface area contributed by atoms with Crippen LogP contribution in [0.25, 0.3) is 0 Å². The summed E-state index contributed by atoms with van der Waals surface area (Å²) >= 11 is 0. The van der Waals surface area contributed by atoms with Crippen molar-refractivity contribution >= 4 is 8.32 Å². The van der Waals surface area contributed by atoms with Crippen LogP contribution in [0.3, 0.4) is 0 Å². The Morgan fingerprint density at radius 1 is 1.06 bits per heavy atom. The van der Waals surface area contributed by atoms with Gasteiger partial charge < -0.3 is 4.43 Å². The van der Waals surface area contributed by atoms with E-state index in [2.05, 4.69) is 65.9 Å². The van der Waals surface area contributed by atoms with Crippen molar-refractivity contribution in [1.29, 1.82) is 0 Å². The Hall–Kier alpha value is -0.603. The summed E-state index contributed by atoms with van der Waals surface area (Å²) < 4.78 is 6.25. The molecule has 0 bridgehead atoms. The van der Waals surface area contributed by atoms with E-state index in [1.807, 2.05) is 0 Å². The van der Waals surface area contributed by atoms with E-state index in [4.69, 9.17) is 4.43 Å². The lowest BCUT2D eigenvalue weighted by atomic mass is 10.0. The fraction of sp³-hybridized carbons (Fsp3) is 0.625. The smallest absolute Gasteiger partial charge is 0.191 e. The molecule has 1 rings (SSSR count). The van der Waals surface area contributed by atoms with E-state index in [9.17, 15) is 0 Å². The average Bonchev–Trinajstić information content (AvgIpc) is 2.20. The Kier molecular flexibility index (Phi) is 4.79. The van der Waals surface area contributed by atoms with Crippen LogP contribution < -0.4 is 0 Å². The maximum absolute atomic E-state index is 6.25. The summed E-state index contributed by atoms with van der Waals surface area (Å²) in [6.45, 7) is 16.7. The molecule has 1 nitrogen and oxygen atoms in total. The van der Waals surface area contributed by atoms with Gasteiger partial charge in [-0.15, -0.1) is 0 Å². The first kappa shape index (κ1) is 15.5. The molecule has 18 heavy (non-hydrogen) atoms. The van der Waals surface area contributed by atoms with Gasteiger partial charge in [0, 0.05) is 6.61 Å². The molecule has 0 saturated carbocycles. The normalized spacial score (nSPS) is 12.8. The quantitative estimate of drug-likeness (QED) is 0.705. The number of hydrogen-bond acceptors (Lipinski definition) is 1. The van der Waals surface area contributed by atoms with Crippen LogP contribution in [0.4, 0.5) is 0 Å². The third-order valence-electron chi connectivity index (χ3n) is 4.27. The van der Waals surface area contributed by atoms with Crippen molar-refractivity contribution in [2.75, 3.05) is 6.61 Å². The van der Waals surface area contributed by atoms with Crippen molar-refractivity contribution in [3.05, 3.63) is 34.9 Å². The molecule has 0 atom stereocenters. The molecule has 0 spiro atoms. The van der Waals surface area contributed by atoms with Gasteiger partial charge in [-0.05, 0) is 55.1 Å². The monoisotopic (exact) mass is 264 g/mol. The van der Waals surface area contributed by atoms with Gasteiger partial charge in [-0.1, -0.05) is 39.0 Å². The fourth-order valence-electron chi connectivity index (χ4n) is 1.87. The molecule has 0 heterocycles. The molecular formula is C16H28OSi. The lowest BCUT2D eigenvalue weighted by molar-refractivity contribution is 0.291. The highest BCUT2D eigenvalue weighted by Gasteiger charge is 2.36. The SMILES string of the molecule is Cc1cccc(C)c1CCO[Si](C)(C)C(C)(C)C. The van der Waals surface area contributed by atoms with Gasteiger partial charge >= 0.3 is 0 Å². The Labute approximate surface area is 114 Å². The molecule has 0 N–H and O–H groups in total. The molecule has 1 aromatic rings. The average molecular weight is 264 g/mol. The number of hydrogen-bond donors (Lipinski definition) is 0. The van der Waals surface area contributed by atoms with Crippen molar-refractivity contribution < 1.29 is 4.43 Å². The molecule has 0 aliphatic heterocycles. The summed E-state index contributed by atoms with van der Waals surface area (Å²) in [6, 6.07) is 6.51. The van der Waals surface area contributed by atoms with Crippen LogP contribution in [0.1, 0.15) is 37.5 Å². The zero-order valence-electron chi connectivity index (χ0n) is 13.1. The van der Waals surface area contributed by atoms with Gasteiger partial charge in [-0.3, -0.25) is 0 Å². The molecule has 102 valence electrons. The van der Waals surface area contributed by atoms with Crippen LogP contribution in [-0.4, -0.2) is 14.9 Å². The molecule has 0 aliphatic rings. The lowest BCUT2D eigenvalue weighted by Crippen LogP contribution is -2.41. The summed E-state index contributed by atoms with van der Waals surface area (Å²) in [4.78, 5) is 0. The standard InChI is InChI=1S/C16H28OSi/c1-13-9-8-10-14(2)15(13)11-12-17-18(6,7)16(3,4)5/h8-10H,11-12H2,1-7H3. The van der Waals surface area contributed by atoms with E-state index in [0.29, 0.717) is 5.04 Å². The van der Waals surface area contributed by atoms with Crippen LogP contribution in [0.5, 0.6) is 0 Å². The second-order valence-corrected chi connectivity index (χ2v) is 11.5. The lowest BCUT2D eigenvalue weighted by Gasteiger charge is -2.36. The van der Waals surface area contributed by atoms with E-state index in [0.717, 1.165) is 13.0 Å². The summed E-state index contributed by atoms with van der Waals surface area (Å²) in [7, 11) is -1.59. The second kappa shape index (κ2) is 5.58. The minimum atomic E-state index is -1.59. The van der Waals surface area contributed by atoms with Gasteiger partial charge in [-0.25, -0.2) is 0 Å². The first-order chi connectivity index (χ1) is 8.15. The highest BCUT2D eigenvalue weighted by molar-refractivity contribution is 6.74. The first-order valence-electron chi connectivity index (χ1n) is 6.84. The molecule has 0 amide bonds. The van der Waals surface area contributed by atoms with Crippen LogP contribution in [0.2, 0.25) is 18.1 Å². The minimum Gasteiger partial charge on any atom is -0.416 e. The van der Waals surface area contributed by atoms with E-state index in [1.54, 1.807) is 0 Å². The zero-order chi connectivity index (χ0) is 14.0. The minimum absolute atomic E-state index is 0.299. The summed E-state index contributed by atoms with van der Waals surface area (Å²) in [6.07, 6.45) is 1.03. The van der Waals surface area contributed by atoms with E-state index < -0.39 is 8.32 Å². The van der Waals surface area contributed by atoms with E-state index in [-0.39, 0.29) is 0 Å². The molecule has 2 heteroatoms. The second-order valence-electron chi connectivity index (χ2n) is 6.73. The molecule has 0 saturated heterocycles. The van der Waals surface area contributed by atoms with Gasteiger partial charge in [0.2, 0.25) is 0 Å². The molecule has 1 aromatic carbocycles. The summed E-state index contributed by atoms with van der Waals surface area (Å²) in [5.74, 6) is 0. The molecule has 0 aromatic heterocycles. The van der Waals surface area contributed by atoms with Crippen LogP contribution in [0, 0.1) is 13.8 Å². The molecule has 0 fully saturated rings. The Morgan fingerprint density at radius 3 is 2.00 bits per heavy atom. The predicted molar refractivity (Wildman–Crippen MR) is 82.8 cm³/mol. The number of benzene rings is 1. The Morgan fingerprint density at radius 2 is 1.56 bits per heavy atom. The highest BCUT2D eigenvalue weighted by Crippen LogP contribution is 2.36. The van der Waals surface area contributed by atoms with Gasteiger partial charge in [0.1, 0.15) is 0 Å². The van der Waals surface area contributed by atoms with Crippen molar-refractivity contribution in [3.8, 4) is 0 Å². The number of rotatable bonds is 4. The molecule has 0 aliphatic carbocycles. The van der Waals surface area contributed by atoms with Gasteiger partial charge in [0.05, 0.1) is 0 Å². The Balaban J connectivity index is 2.63. The number of aryl methyl sites for hydroxylation is 2. The maximum Gasteiger partial charge on any atom is 0.191 e. The Bertz CT molecular complexity index is 382. The van der Waals surface area contributed by atoms with Gasteiger partial charge in [0.25, 0.3) is 0 Å². The van der Waals surface area contributed by atoms with E-state index in [1.165, 1.54) is 16.7 Å². The van der Waals surface area contributed by atoms with Crippen LogP contribution in [-0.2, 0) is 10.8 Å². The molecular weight excluding hydrogens is 236 g/mol. The largest absolute Gasteiger partial charge is 0.416 e. The zero-order valence-corrected chi connectivity index (χ0v) is 14.1. The highest BCUT2D eigenvalue weighted by atomic mass is 28.4. The summed E-state index contributed by atoms with van der Waals surface area (Å²) in [5, 5.41) is 0.299. The van der Waals surface area contributed by atoms with Crippen molar-refractivity contribution in [2.24, 2.45) is 0 Å². The predicted octanol–water partition coefficient (Wildman–Crippen LogP) is 4.87. The third kappa shape index (κ3) is 3.69. The van der Waals surface area contributed by atoms with Crippen LogP contribution in [0.15, 0.2) is 18.2 Å².